The number of carbonyl (C=O) groups is 2. The van der Waals surface area contributed by atoms with Crippen molar-refractivity contribution in [1.82, 2.24) is 10.9 Å². The van der Waals surface area contributed by atoms with Gasteiger partial charge in [0.05, 0.1) is 0 Å². The van der Waals surface area contributed by atoms with Crippen molar-refractivity contribution in [2.24, 2.45) is 0 Å². The molecular formula is C16H14BrFN2O3. The predicted molar refractivity (Wildman–Crippen MR) is 86.2 cm³/mol. The minimum atomic E-state index is -0.808. The van der Waals surface area contributed by atoms with Crippen LogP contribution in [0.4, 0.5) is 4.39 Å². The van der Waals surface area contributed by atoms with E-state index >= 15 is 0 Å². The minimum absolute atomic E-state index is 0.229. The lowest BCUT2D eigenvalue weighted by Gasteiger charge is -2.15. The Morgan fingerprint density at radius 2 is 1.83 bits per heavy atom. The molecule has 2 N–H and O–H groups in total. The molecule has 2 aromatic rings. The largest absolute Gasteiger partial charge is 0.481 e. The van der Waals surface area contributed by atoms with Gasteiger partial charge in [0, 0.05) is 10.0 Å². The summed E-state index contributed by atoms with van der Waals surface area (Å²) in [6.45, 7) is 1.56. The Morgan fingerprint density at radius 1 is 1.13 bits per heavy atom. The fourth-order valence-electron chi connectivity index (χ4n) is 1.69. The van der Waals surface area contributed by atoms with E-state index in [1.165, 1.54) is 12.1 Å². The summed E-state index contributed by atoms with van der Waals surface area (Å²) in [4.78, 5) is 23.7. The second kappa shape index (κ2) is 7.73. The zero-order valence-corrected chi connectivity index (χ0v) is 13.8. The molecule has 0 radical (unpaired) electrons. The minimum Gasteiger partial charge on any atom is -0.481 e. The van der Waals surface area contributed by atoms with Crippen molar-refractivity contribution >= 4 is 27.7 Å². The molecule has 1 atom stereocenters. The predicted octanol–water partition coefficient (Wildman–Crippen LogP) is 2.82. The van der Waals surface area contributed by atoms with E-state index in [4.69, 9.17) is 4.74 Å². The third-order valence-corrected chi connectivity index (χ3v) is 3.38. The molecule has 0 aliphatic rings. The highest BCUT2D eigenvalue weighted by atomic mass is 79.9. The zero-order valence-electron chi connectivity index (χ0n) is 12.2. The van der Waals surface area contributed by atoms with Gasteiger partial charge < -0.3 is 4.74 Å². The van der Waals surface area contributed by atoms with E-state index in [1.807, 2.05) is 6.07 Å². The fraction of sp³-hybridized carbons (Fsp3) is 0.125. The van der Waals surface area contributed by atoms with Crippen molar-refractivity contribution in [2.45, 2.75) is 13.0 Å². The summed E-state index contributed by atoms with van der Waals surface area (Å²) < 4.78 is 19.1. The standard InChI is InChI=1S/C16H14BrFN2O3/c1-10(23-14-4-2-3-12(17)9-14)15(21)19-20-16(22)11-5-7-13(18)8-6-11/h2-10H,1H3,(H,19,21)(H,20,22)/t10-/m1/s1. The average molecular weight is 381 g/mol. The van der Waals surface area contributed by atoms with E-state index in [-0.39, 0.29) is 5.56 Å². The van der Waals surface area contributed by atoms with Gasteiger partial charge in [0.25, 0.3) is 11.8 Å². The van der Waals surface area contributed by atoms with Gasteiger partial charge in [-0.2, -0.15) is 0 Å². The van der Waals surface area contributed by atoms with Crippen LogP contribution in [0.5, 0.6) is 5.75 Å². The molecule has 0 saturated heterocycles. The molecule has 2 aromatic carbocycles. The van der Waals surface area contributed by atoms with E-state index in [0.717, 1.165) is 16.6 Å². The SMILES string of the molecule is C[C@@H](Oc1cccc(Br)c1)C(=O)NNC(=O)c1ccc(F)cc1. The normalized spacial score (nSPS) is 11.4. The zero-order chi connectivity index (χ0) is 16.8. The van der Waals surface area contributed by atoms with Crippen LogP contribution in [0.25, 0.3) is 0 Å². The quantitative estimate of drug-likeness (QED) is 0.801. The monoisotopic (exact) mass is 380 g/mol. The number of nitrogens with one attached hydrogen (secondary N) is 2. The maximum Gasteiger partial charge on any atom is 0.279 e. The molecule has 0 saturated carbocycles. The summed E-state index contributed by atoms with van der Waals surface area (Å²) in [7, 11) is 0. The van der Waals surface area contributed by atoms with E-state index in [1.54, 1.807) is 25.1 Å². The topological polar surface area (TPSA) is 67.4 Å². The van der Waals surface area contributed by atoms with E-state index in [9.17, 15) is 14.0 Å². The Balaban J connectivity index is 1.86. The molecule has 2 amide bonds. The Labute approximate surface area is 140 Å². The molecular weight excluding hydrogens is 367 g/mol. The Hall–Kier alpha value is -2.41. The van der Waals surface area contributed by atoms with Crippen molar-refractivity contribution < 1.29 is 18.7 Å². The summed E-state index contributed by atoms with van der Waals surface area (Å²) >= 11 is 3.31. The lowest BCUT2D eigenvalue weighted by Crippen LogP contribution is -2.47. The first-order valence-corrected chi connectivity index (χ1v) is 7.53. The summed E-state index contributed by atoms with van der Waals surface area (Å²) in [6, 6.07) is 12.0. The maximum atomic E-state index is 12.8. The summed E-state index contributed by atoms with van der Waals surface area (Å²) in [5, 5.41) is 0. The second-order valence-corrected chi connectivity index (χ2v) is 5.58. The highest BCUT2D eigenvalue weighted by molar-refractivity contribution is 9.10. The van der Waals surface area contributed by atoms with Crippen LogP contribution in [0.15, 0.2) is 53.0 Å². The number of rotatable bonds is 4. The lowest BCUT2D eigenvalue weighted by atomic mass is 10.2. The molecule has 0 bridgehead atoms. The number of halogens is 2. The summed E-state index contributed by atoms with van der Waals surface area (Å²) in [5.74, 6) is -0.984. The van der Waals surface area contributed by atoms with E-state index in [0.29, 0.717) is 5.75 Å². The van der Waals surface area contributed by atoms with Crippen molar-refractivity contribution in [3.05, 3.63) is 64.4 Å². The van der Waals surface area contributed by atoms with Gasteiger partial charge in [0.2, 0.25) is 0 Å². The molecule has 5 nitrogen and oxygen atoms in total. The number of benzene rings is 2. The number of ether oxygens (including phenoxy) is 1. The Morgan fingerprint density at radius 3 is 2.48 bits per heavy atom. The van der Waals surface area contributed by atoms with Crippen molar-refractivity contribution in [3.63, 3.8) is 0 Å². The molecule has 23 heavy (non-hydrogen) atoms. The molecule has 2 rings (SSSR count). The molecule has 7 heteroatoms. The molecule has 0 heterocycles. The van der Waals surface area contributed by atoms with Crippen LogP contribution in [-0.4, -0.2) is 17.9 Å². The van der Waals surface area contributed by atoms with E-state index in [2.05, 4.69) is 26.8 Å². The summed E-state index contributed by atoms with van der Waals surface area (Å²) in [5.41, 5.74) is 4.74. The van der Waals surface area contributed by atoms with Gasteiger partial charge in [-0.05, 0) is 49.4 Å². The van der Waals surface area contributed by atoms with Crippen LogP contribution in [0.3, 0.4) is 0 Å². The van der Waals surface area contributed by atoms with Crippen LogP contribution >= 0.6 is 15.9 Å². The molecule has 0 aromatic heterocycles. The first kappa shape index (κ1) is 17.0. The van der Waals surface area contributed by atoms with Crippen molar-refractivity contribution in [3.8, 4) is 5.75 Å². The fourth-order valence-corrected chi connectivity index (χ4v) is 2.07. The number of hydrogen-bond acceptors (Lipinski definition) is 3. The highest BCUT2D eigenvalue weighted by Gasteiger charge is 2.16. The molecule has 120 valence electrons. The number of carbonyl (C=O) groups excluding carboxylic acids is 2. The van der Waals surface area contributed by atoms with Crippen LogP contribution in [0.1, 0.15) is 17.3 Å². The van der Waals surface area contributed by atoms with Gasteiger partial charge in [-0.3, -0.25) is 20.4 Å². The molecule has 0 aliphatic carbocycles. The first-order valence-electron chi connectivity index (χ1n) is 6.73. The van der Waals surface area contributed by atoms with Gasteiger partial charge in [-0.25, -0.2) is 4.39 Å². The van der Waals surface area contributed by atoms with Crippen LogP contribution < -0.4 is 15.6 Å². The lowest BCUT2D eigenvalue weighted by molar-refractivity contribution is -0.128. The van der Waals surface area contributed by atoms with Crippen molar-refractivity contribution in [1.29, 1.82) is 0 Å². The number of hydrazine groups is 1. The van der Waals surface area contributed by atoms with Crippen LogP contribution in [0, 0.1) is 5.82 Å². The van der Waals surface area contributed by atoms with E-state index < -0.39 is 23.7 Å². The average Bonchev–Trinajstić information content (AvgIpc) is 2.53. The first-order chi connectivity index (χ1) is 11.0. The third-order valence-electron chi connectivity index (χ3n) is 2.88. The van der Waals surface area contributed by atoms with Crippen molar-refractivity contribution in [2.75, 3.05) is 0 Å². The second-order valence-electron chi connectivity index (χ2n) is 4.67. The van der Waals surface area contributed by atoms with Gasteiger partial charge >= 0.3 is 0 Å². The maximum absolute atomic E-state index is 12.8. The molecule has 0 aliphatic heterocycles. The number of amides is 2. The smallest absolute Gasteiger partial charge is 0.279 e. The molecule has 0 fully saturated rings. The van der Waals surface area contributed by atoms with Crippen LogP contribution in [-0.2, 0) is 4.79 Å². The third kappa shape index (κ3) is 5.07. The van der Waals surface area contributed by atoms with Gasteiger partial charge in [0.1, 0.15) is 11.6 Å². The number of hydrogen-bond donors (Lipinski definition) is 2. The van der Waals surface area contributed by atoms with Gasteiger partial charge in [-0.15, -0.1) is 0 Å². The Bertz CT molecular complexity index is 707. The van der Waals surface area contributed by atoms with Crippen LogP contribution in [0.2, 0.25) is 0 Å². The Kier molecular flexibility index (Phi) is 5.70. The molecule has 0 spiro atoms. The van der Waals surface area contributed by atoms with Gasteiger partial charge in [-0.1, -0.05) is 22.0 Å². The van der Waals surface area contributed by atoms with Gasteiger partial charge in [0.15, 0.2) is 6.10 Å². The molecule has 0 unspecified atom stereocenters. The summed E-state index contributed by atoms with van der Waals surface area (Å²) in [6.07, 6.45) is -0.808. The highest BCUT2D eigenvalue weighted by Crippen LogP contribution is 2.18.